The summed E-state index contributed by atoms with van der Waals surface area (Å²) in [6, 6.07) is 7.18. The van der Waals surface area contributed by atoms with Crippen molar-refractivity contribution in [1.82, 2.24) is 15.0 Å². The van der Waals surface area contributed by atoms with Crippen molar-refractivity contribution >= 4 is 29.1 Å². The average molecular weight is 403 g/mol. The van der Waals surface area contributed by atoms with Crippen LogP contribution in [0.1, 0.15) is 18.4 Å². The highest BCUT2D eigenvalue weighted by molar-refractivity contribution is 6.32. The zero-order valence-electron chi connectivity index (χ0n) is 15.5. The number of ether oxygens (including phenoxy) is 2. The van der Waals surface area contributed by atoms with Crippen LogP contribution in [0.25, 0.3) is 0 Å². The van der Waals surface area contributed by atoms with Gasteiger partial charge in [-0.2, -0.15) is 15.2 Å². The fourth-order valence-electron chi connectivity index (χ4n) is 2.92. The Kier molecular flexibility index (Phi) is 6.11. The molecule has 0 aliphatic carbocycles. The van der Waals surface area contributed by atoms with Crippen molar-refractivity contribution in [3.8, 4) is 18.1 Å². The maximum atomic E-state index is 12.6. The smallest absolute Gasteiger partial charge is 0.324 e. The molecule has 9 nitrogen and oxygen atoms in total. The number of carbonyl (C=O) groups is 1. The number of halogens is 1. The normalized spacial score (nSPS) is 14.3. The van der Waals surface area contributed by atoms with Gasteiger partial charge in [0, 0.05) is 24.7 Å². The highest BCUT2D eigenvalue weighted by Crippen LogP contribution is 2.25. The molecule has 1 N–H and O–H groups in total. The zero-order valence-corrected chi connectivity index (χ0v) is 16.2. The van der Waals surface area contributed by atoms with E-state index in [0.717, 1.165) is 0 Å². The summed E-state index contributed by atoms with van der Waals surface area (Å²) >= 11 is 6.02. The molecule has 0 spiro atoms. The van der Waals surface area contributed by atoms with Gasteiger partial charge in [-0.25, -0.2) is 0 Å². The van der Waals surface area contributed by atoms with Crippen LogP contribution in [0.3, 0.4) is 0 Å². The maximum absolute atomic E-state index is 12.6. The first-order chi connectivity index (χ1) is 13.5. The van der Waals surface area contributed by atoms with Crippen LogP contribution in [0.4, 0.5) is 11.6 Å². The van der Waals surface area contributed by atoms with E-state index in [1.165, 1.54) is 14.2 Å². The van der Waals surface area contributed by atoms with Crippen molar-refractivity contribution in [3.05, 3.63) is 28.8 Å². The van der Waals surface area contributed by atoms with Crippen LogP contribution >= 0.6 is 11.6 Å². The lowest BCUT2D eigenvalue weighted by Gasteiger charge is -2.31. The molecule has 1 aromatic carbocycles. The summed E-state index contributed by atoms with van der Waals surface area (Å²) in [7, 11) is 2.95. The molecule has 2 aromatic rings. The Labute approximate surface area is 167 Å². The molecule has 1 fully saturated rings. The van der Waals surface area contributed by atoms with E-state index in [1.807, 2.05) is 11.0 Å². The van der Waals surface area contributed by atoms with E-state index in [0.29, 0.717) is 48.2 Å². The summed E-state index contributed by atoms with van der Waals surface area (Å²) in [6.07, 6.45) is 1.29. The quantitative estimate of drug-likeness (QED) is 0.810. The van der Waals surface area contributed by atoms with E-state index in [2.05, 4.69) is 20.3 Å². The van der Waals surface area contributed by atoms with Gasteiger partial charge in [0.1, 0.15) is 6.07 Å². The Morgan fingerprint density at radius 3 is 2.39 bits per heavy atom. The number of methoxy groups -OCH3 is 2. The predicted octanol–water partition coefficient (Wildman–Crippen LogP) is 2.27. The van der Waals surface area contributed by atoms with Crippen LogP contribution in [0.5, 0.6) is 12.0 Å². The lowest BCUT2D eigenvalue weighted by Crippen LogP contribution is -2.39. The fourth-order valence-corrected chi connectivity index (χ4v) is 3.14. The number of nitriles is 1. The molecule has 2 heterocycles. The van der Waals surface area contributed by atoms with Gasteiger partial charge in [0.15, 0.2) is 0 Å². The Hall–Kier alpha value is -3.12. The van der Waals surface area contributed by atoms with Gasteiger partial charge in [0.2, 0.25) is 11.9 Å². The second-order valence-electron chi connectivity index (χ2n) is 6.17. The van der Waals surface area contributed by atoms with Gasteiger partial charge in [-0.15, -0.1) is 4.98 Å². The maximum Gasteiger partial charge on any atom is 0.324 e. The van der Waals surface area contributed by atoms with Gasteiger partial charge in [-0.1, -0.05) is 11.6 Å². The van der Waals surface area contributed by atoms with E-state index in [1.54, 1.807) is 18.2 Å². The van der Waals surface area contributed by atoms with Crippen molar-refractivity contribution in [2.75, 3.05) is 37.5 Å². The summed E-state index contributed by atoms with van der Waals surface area (Å²) in [6.45, 7) is 1.23. The van der Waals surface area contributed by atoms with Crippen molar-refractivity contribution < 1.29 is 14.3 Å². The molecular formula is C18H19ClN6O3. The highest BCUT2D eigenvalue weighted by Gasteiger charge is 2.27. The van der Waals surface area contributed by atoms with Gasteiger partial charge in [0.25, 0.3) is 0 Å². The summed E-state index contributed by atoms with van der Waals surface area (Å²) in [5, 5.41) is 12.1. The number of benzene rings is 1. The molecule has 1 aromatic heterocycles. The average Bonchev–Trinajstić information content (AvgIpc) is 2.73. The first kappa shape index (κ1) is 19.6. The van der Waals surface area contributed by atoms with Gasteiger partial charge in [0.05, 0.1) is 24.8 Å². The van der Waals surface area contributed by atoms with Crippen molar-refractivity contribution in [2.45, 2.75) is 12.8 Å². The molecule has 146 valence electrons. The summed E-state index contributed by atoms with van der Waals surface area (Å²) < 4.78 is 10.2. The molecule has 1 aliphatic heterocycles. The van der Waals surface area contributed by atoms with E-state index in [-0.39, 0.29) is 23.8 Å². The van der Waals surface area contributed by atoms with Crippen molar-refractivity contribution in [2.24, 2.45) is 5.92 Å². The van der Waals surface area contributed by atoms with E-state index in [9.17, 15) is 4.79 Å². The molecule has 1 saturated heterocycles. The molecular weight excluding hydrogens is 384 g/mol. The third-order valence-electron chi connectivity index (χ3n) is 4.45. The Bertz CT molecular complexity index is 886. The highest BCUT2D eigenvalue weighted by atomic mass is 35.5. The number of hydrogen-bond acceptors (Lipinski definition) is 8. The third kappa shape index (κ3) is 4.40. The van der Waals surface area contributed by atoms with Gasteiger partial charge < -0.3 is 19.7 Å². The number of hydrogen-bond donors (Lipinski definition) is 1. The number of aromatic nitrogens is 3. The van der Waals surface area contributed by atoms with Crippen LogP contribution in [0, 0.1) is 17.2 Å². The SMILES string of the molecule is COc1nc(OC)nc(N2CCC(C(=O)Nc3ccc(C#N)c(Cl)c3)CC2)n1. The Morgan fingerprint density at radius 2 is 1.86 bits per heavy atom. The standard InChI is InChI=1S/C18H19ClN6O3/c1-27-17-22-16(23-18(24-17)28-2)25-7-5-11(6-8-25)15(26)21-13-4-3-12(10-20)14(19)9-13/h3-4,9,11H,5-8H2,1-2H3,(H,21,26). The van der Waals surface area contributed by atoms with Gasteiger partial charge in [-0.3, -0.25) is 4.79 Å². The number of carbonyl (C=O) groups excluding carboxylic acids is 1. The Balaban J connectivity index is 1.61. The number of piperidine rings is 1. The zero-order chi connectivity index (χ0) is 20.1. The monoisotopic (exact) mass is 402 g/mol. The molecule has 0 atom stereocenters. The molecule has 0 saturated carbocycles. The van der Waals surface area contributed by atoms with Crippen LogP contribution in [0.2, 0.25) is 5.02 Å². The molecule has 3 rings (SSSR count). The Morgan fingerprint density at radius 1 is 1.21 bits per heavy atom. The number of amides is 1. The minimum absolute atomic E-state index is 0.0776. The summed E-state index contributed by atoms with van der Waals surface area (Å²) in [5.74, 6) is 0.240. The second kappa shape index (κ2) is 8.71. The first-order valence-corrected chi connectivity index (χ1v) is 9.01. The van der Waals surface area contributed by atoms with E-state index in [4.69, 9.17) is 26.3 Å². The molecule has 10 heteroatoms. The number of nitrogens with one attached hydrogen (secondary N) is 1. The molecule has 0 radical (unpaired) electrons. The lowest BCUT2D eigenvalue weighted by atomic mass is 9.96. The first-order valence-electron chi connectivity index (χ1n) is 8.63. The van der Waals surface area contributed by atoms with Gasteiger partial charge >= 0.3 is 12.0 Å². The molecule has 0 bridgehead atoms. The minimum atomic E-state index is -0.142. The fraction of sp³-hybridized carbons (Fsp3) is 0.389. The van der Waals surface area contributed by atoms with E-state index < -0.39 is 0 Å². The molecule has 28 heavy (non-hydrogen) atoms. The third-order valence-corrected chi connectivity index (χ3v) is 4.77. The van der Waals surface area contributed by atoms with Crippen LogP contribution in [-0.2, 0) is 4.79 Å². The summed E-state index contributed by atoms with van der Waals surface area (Å²) in [4.78, 5) is 27.0. The number of rotatable bonds is 5. The van der Waals surface area contributed by atoms with Gasteiger partial charge in [-0.05, 0) is 31.0 Å². The summed E-state index contributed by atoms with van der Waals surface area (Å²) in [5.41, 5.74) is 0.944. The molecule has 0 unspecified atom stereocenters. The van der Waals surface area contributed by atoms with Crippen LogP contribution in [-0.4, -0.2) is 48.2 Å². The molecule has 1 aliphatic rings. The van der Waals surface area contributed by atoms with Crippen LogP contribution in [0.15, 0.2) is 18.2 Å². The predicted molar refractivity (Wildman–Crippen MR) is 103 cm³/mol. The number of anilines is 2. The number of nitrogens with zero attached hydrogens (tertiary/aromatic N) is 5. The lowest BCUT2D eigenvalue weighted by molar-refractivity contribution is -0.120. The second-order valence-corrected chi connectivity index (χ2v) is 6.57. The van der Waals surface area contributed by atoms with Crippen LogP contribution < -0.4 is 19.7 Å². The van der Waals surface area contributed by atoms with E-state index >= 15 is 0 Å². The van der Waals surface area contributed by atoms with Crippen molar-refractivity contribution in [1.29, 1.82) is 5.26 Å². The molecule has 1 amide bonds. The van der Waals surface area contributed by atoms with Crippen molar-refractivity contribution in [3.63, 3.8) is 0 Å². The topological polar surface area (TPSA) is 113 Å². The largest absolute Gasteiger partial charge is 0.467 e. The minimum Gasteiger partial charge on any atom is -0.467 e.